The number of para-hydroxylation sites is 1. The van der Waals surface area contributed by atoms with Crippen molar-refractivity contribution in [3.63, 3.8) is 0 Å². The summed E-state index contributed by atoms with van der Waals surface area (Å²) in [6.45, 7) is 0.648. The average molecular weight is 416 g/mol. The Hall–Kier alpha value is -2.87. The van der Waals surface area contributed by atoms with Gasteiger partial charge in [0.25, 0.3) is 0 Å². The molecule has 2 amide bonds. The number of carbonyl (C=O) groups is 2. The molecule has 154 valence electrons. The van der Waals surface area contributed by atoms with Gasteiger partial charge in [-0.25, -0.2) is 0 Å². The molecule has 1 N–H and O–H groups in total. The van der Waals surface area contributed by atoms with Crippen LogP contribution in [0, 0.1) is 0 Å². The Morgan fingerprint density at radius 1 is 1.03 bits per heavy atom. The van der Waals surface area contributed by atoms with E-state index in [1.54, 1.807) is 28.8 Å². The first-order valence-corrected chi connectivity index (χ1v) is 10.2. The number of hydrogen-bond donors (Lipinski definition) is 1. The zero-order valence-electron chi connectivity index (χ0n) is 16.7. The number of amides is 2. The predicted octanol–water partition coefficient (Wildman–Crippen LogP) is 3.57. The summed E-state index contributed by atoms with van der Waals surface area (Å²) < 4.78 is 15.9. The largest absolute Gasteiger partial charge is 0.493 e. The van der Waals surface area contributed by atoms with Gasteiger partial charge in [0.2, 0.25) is 17.6 Å². The molecule has 0 fully saturated rings. The minimum atomic E-state index is -0.257. The third-order valence-electron chi connectivity index (χ3n) is 4.54. The SMILES string of the molecule is COc1cc(NC(=O)CCC(=O)N2CCSc3ccccc32)cc(OC)c1OC. The summed E-state index contributed by atoms with van der Waals surface area (Å²) in [4.78, 5) is 27.9. The highest BCUT2D eigenvalue weighted by molar-refractivity contribution is 7.99. The molecule has 2 aromatic carbocycles. The first-order chi connectivity index (χ1) is 14.1. The highest BCUT2D eigenvalue weighted by Crippen LogP contribution is 2.40. The maximum Gasteiger partial charge on any atom is 0.227 e. The Bertz CT molecular complexity index is 877. The van der Waals surface area contributed by atoms with Crippen LogP contribution in [0.3, 0.4) is 0 Å². The number of nitrogens with zero attached hydrogens (tertiary/aromatic N) is 1. The van der Waals surface area contributed by atoms with Gasteiger partial charge in [-0.1, -0.05) is 12.1 Å². The highest BCUT2D eigenvalue weighted by Gasteiger charge is 2.23. The second-order valence-corrected chi connectivity index (χ2v) is 7.46. The number of benzene rings is 2. The standard InChI is InChI=1S/C21H24N2O5S/c1-26-16-12-14(13-17(27-2)21(16)28-3)22-19(24)8-9-20(25)23-10-11-29-18-7-5-4-6-15(18)23/h4-7,12-13H,8-11H2,1-3H3,(H,22,24). The van der Waals surface area contributed by atoms with Crippen molar-refractivity contribution in [1.29, 1.82) is 0 Å². The van der Waals surface area contributed by atoms with Crippen LogP contribution in [0.5, 0.6) is 17.2 Å². The van der Waals surface area contributed by atoms with Gasteiger partial charge in [-0.15, -0.1) is 11.8 Å². The van der Waals surface area contributed by atoms with E-state index >= 15 is 0 Å². The number of fused-ring (bicyclic) bond motifs is 1. The molecule has 8 heteroatoms. The maximum absolute atomic E-state index is 12.7. The van der Waals surface area contributed by atoms with Crippen molar-refractivity contribution in [2.75, 3.05) is 43.8 Å². The van der Waals surface area contributed by atoms with E-state index in [0.717, 1.165) is 16.3 Å². The van der Waals surface area contributed by atoms with E-state index in [-0.39, 0.29) is 24.7 Å². The summed E-state index contributed by atoms with van der Waals surface area (Å²) in [5.41, 5.74) is 1.43. The molecule has 0 aromatic heterocycles. The van der Waals surface area contributed by atoms with E-state index in [4.69, 9.17) is 14.2 Å². The van der Waals surface area contributed by atoms with Crippen molar-refractivity contribution in [1.82, 2.24) is 0 Å². The minimum Gasteiger partial charge on any atom is -0.493 e. The van der Waals surface area contributed by atoms with Crippen LogP contribution in [0.4, 0.5) is 11.4 Å². The second kappa shape index (κ2) is 9.56. The van der Waals surface area contributed by atoms with Crippen molar-refractivity contribution >= 4 is 35.0 Å². The van der Waals surface area contributed by atoms with Gasteiger partial charge in [0.15, 0.2) is 11.5 Å². The molecule has 0 radical (unpaired) electrons. The Kier molecular flexibility index (Phi) is 6.87. The lowest BCUT2D eigenvalue weighted by Crippen LogP contribution is -2.35. The Labute approximate surface area is 174 Å². The molecule has 2 aromatic rings. The fourth-order valence-electron chi connectivity index (χ4n) is 3.16. The van der Waals surface area contributed by atoms with Crippen LogP contribution in [0.25, 0.3) is 0 Å². The Morgan fingerprint density at radius 3 is 2.38 bits per heavy atom. The molecule has 0 aliphatic carbocycles. The number of rotatable bonds is 7. The molecule has 0 atom stereocenters. The van der Waals surface area contributed by atoms with E-state index in [9.17, 15) is 9.59 Å². The molecule has 1 heterocycles. The number of nitrogens with one attached hydrogen (secondary N) is 1. The summed E-state index contributed by atoms with van der Waals surface area (Å²) in [5, 5.41) is 2.79. The van der Waals surface area contributed by atoms with Crippen molar-refractivity contribution in [2.45, 2.75) is 17.7 Å². The fourth-order valence-corrected chi connectivity index (χ4v) is 4.16. The molecule has 0 saturated heterocycles. The van der Waals surface area contributed by atoms with E-state index in [0.29, 0.717) is 29.5 Å². The van der Waals surface area contributed by atoms with Crippen LogP contribution < -0.4 is 24.4 Å². The quantitative estimate of drug-likeness (QED) is 0.744. The van der Waals surface area contributed by atoms with E-state index < -0.39 is 0 Å². The van der Waals surface area contributed by atoms with Gasteiger partial charge in [-0.2, -0.15) is 0 Å². The van der Waals surface area contributed by atoms with E-state index in [1.165, 1.54) is 21.3 Å². The van der Waals surface area contributed by atoms with E-state index in [1.807, 2.05) is 24.3 Å². The van der Waals surface area contributed by atoms with Crippen molar-refractivity contribution in [3.8, 4) is 17.2 Å². The van der Waals surface area contributed by atoms with Crippen molar-refractivity contribution in [3.05, 3.63) is 36.4 Å². The van der Waals surface area contributed by atoms with Gasteiger partial charge >= 0.3 is 0 Å². The zero-order valence-corrected chi connectivity index (χ0v) is 17.5. The average Bonchev–Trinajstić information content (AvgIpc) is 2.76. The molecule has 7 nitrogen and oxygen atoms in total. The van der Waals surface area contributed by atoms with Crippen LogP contribution in [-0.2, 0) is 9.59 Å². The monoisotopic (exact) mass is 416 g/mol. The highest BCUT2D eigenvalue weighted by atomic mass is 32.2. The molecular formula is C21H24N2O5S. The van der Waals surface area contributed by atoms with Gasteiger partial charge in [0.1, 0.15) is 0 Å². The molecule has 0 saturated carbocycles. The number of methoxy groups -OCH3 is 3. The van der Waals surface area contributed by atoms with Crippen molar-refractivity contribution < 1.29 is 23.8 Å². The van der Waals surface area contributed by atoms with Gasteiger partial charge in [0, 0.05) is 47.9 Å². The molecule has 0 bridgehead atoms. The number of thioether (sulfide) groups is 1. The van der Waals surface area contributed by atoms with Gasteiger partial charge in [-0.05, 0) is 12.1 Å². The van der Waals surface area contributed by atoms with Crippen LogP contribution in [0.2, 0.25) is 0 Å². The van der Waals surface area contributed by atoms with Gasteiger partial charge in [-0.3, -0.25) is 9.59 Å². The van der Waals surface area contributed by atoms with Crippen molar-refractivity contribution in [2.24, 2.45) is 0 Å². The zero-order chi connectivity index (χ0) is 20.8. The van der Waals surface area contributed by atoms with Gasteiger partial charge < -0.3 is 24.4 Å². The number of ether oxygens (including phenoxy) is 3. The summed E-state index contributed by atoms with van der Waals surface area (Å²) in [7, 11) is 4.54. The maximum atomic E-state index is 12.7. The third-order valence-corrected chi connectivity index (χ3v) is 5.59. The number of hydrogen-bond acceptors (Lipinski definition) is 6. The molecule has 0 unspecified atom stereocenters. The molecule has 1 aliphatic heterocycles. The molecule has 0 spiro atoms. The number of anilines is 2. The Morgan fingerprint density at radius 2 is 1.72 bits per heavy atom. The van der Waals surface area contributed by atoms with Crippen LogP contribution in [0.15, 0.2) is 41.3 Å². The second-order valence-electron chi connectivity index (χ2n) is 6.32. The first kappa shape index (κ1) is 20.9. The number of carbonyl (C=O) groups excluding carboxylic acids is 2. The van der Waals surface area contributed by atoms with Crippen LogP contribution >= 0.6 is 11.8 Å². The molecule has 29 heavy (non-hydrogen) atoms. The van der Waals surface area contributed by atoms with E-state index in [2.05, 4.69) is 5.32 Å². The Balaban J connectivity index is 1.63. The topological polar surface area (TPSA) is 77.1 Å². The van der Waals surface area contributed by atoms with Crippen LogP contribution in [0.1, 0.15) is 12.8 Å². The molecule has 3 rings (SSSR count). The predicted molar refractivity (Wildman–Crippen MR) is 113 cm³/mol. The summed E-state index contributed by atoms with van der Waals surface area (Å²) >= 11 is 1.74. The minimum absolute atomic E-state index is 0.0576. The lowest BCUT2D eigenvalue weighted by atomic mass is 10.2. The third kappa shape index (κ3) is 4.76. The molecule has 1 aliphatic rings. The van der Waals surface area contributed by atoms with Crippen LogP contribution in [-0.4, -0.2) is 45.4 Å². The first-order valence-electron chi connectivity index (χ1n) is 9.19. The molecular weight excluding hydrogens is 392 g/mol. The lowest BCUT2D eigenvalue weighted by molar-refractivity contribution is -0.122. The summed E-state index contributed by atoms with van der Waals surface area (Å²) in [6, 6.07) is 11.1. The summed E-state index contributed by atoms with van der Waals surface area (Å²) in [6.07, 6.45) is 0.219. The normalized spacial score (nSPS) is 12.7. The summed E-state index contributed by atoms with van der Waals surface area (Å²) in [5.74, 6) is 1.87. The van der Waals surface area contributed by atoms with Gasteiger partial charge in [0.05, 0.1) is 27.0 Å². The lowest BCUT2D eigenvalue weighted by Gasteiger charge is -2.29. The fraction of sp³-hybridized carbons (Fsp3) is 0.333. The smallest absolute Gasteiger partial charge is 0.227 e.